The molecule has 4 nitrogen and oxygen atoms in total. The topological polar surface area (TPSA) is 41.9 Å². The molecular weight excluding hydrogens is 677 g/mol. The van der Waals surface area contributed by atoms with Crippen LogP contribution in [0.4, 0.5) is 11.4 Å². The first-order valence-corrected chi connectivity index (χ1v) is 15.5. The number of hydrogen-bond donors (Lipinski definition) is 0. The van der Waals surface area contributed by atoms with E-state index in [-0.39, 0.29) is 17.5 Å². The van der Waals surface area contributed by atoms with Crippen molar-refractivity contribution in [1.29, 1.82) is 0 Å². The molecular formula is C31H20Cl6N2O2S. The Balaban J connectivity index is 1.56. The van der Waals surface area contributed by atoms with Gasteiger partial charge in [-0.25, -0.2) is 4.99 Å². The van der Waals surface area contributed by atoms with Gasteiger partial charge in [0, 0.05) is 36.2 Å². The summed E-state index contributed by atoms with van der Waals surface area (Å²) in [7, 11) is 0. The zero-order valence-electron chi connectivity index (χ0n) is 22.0. The molecule has 1 amide bonds. The third-order valence-corrected chi connectivity index (χ3v) is 9.18. The number of amidine groups is 1. The van der Waals surface area contributed by atoms with Crippen LogP contribution in [0.1, 0.15) is 22.3 Å². The number of aliphatic imine (C=N–C) groups is 1. The summed E-state index contributed by atoms with van der Waals surface area (Å²) in [6.07, 6.45) is 1.68. The average molecular weight is 697 g/mol. The summed E-state index contributed by atoms with van der Waals surface area (Å²) in [5.41, 5.74) is 4.20. The van der Waals surface area contributed by atoms with Crippen molar-refractivity contribution in [1.82, 2.24) is 0 Å². The predicted molar refractivity (Wildman–Crippen MR) is 180 cm³/mol. The zero-order chi connectivity index (χ0) is 30.1. The summed E-state index contributed by atoms with van der Waals surface area (Å²) in [5, 5.41) is 3.15. The van der Waals surface area contributed by atoms with Crippen LogP contribution in [0.5, 0.6) is 5.75 Å². The lowest BCUT2D eigenvalue weighted by Gasteiger charge is -2.17. The Morgan fingerprint density at radius 1 is 0.786 bits per heavy atom. The third-order valence-electron chi connectivity index (χ3n) is 6.31. The Morgan fingerprint density at radius 3 is 2.17 bits per heavy atom. The molecule has 0 radical (unpaired) electrons. The normalized spacial score (nSPS) is 15.2. The number of benzene rings is 4. The predicted octanol–water partition coefficient (Wildman–Crippen LogP) is 11.6. The SMILES string of the molecule is Cc1ccc(N=C2S/C(=C/c3cc(Cl)cc(Cl)c3OCc3ccc(Cl)cc3Cl)C(=O)N2c2ccc(C)c(Cl)c2)cc1Cl. The van der Waals surface area contributed by atoms with Gasteiger partial charge in [-0.1, -0.05) is 87.8 Å². The van der Waals surface area contributed by atoms with E-state index in [1.807, 2.05) is 38.1 Å². The van der Waals surface area contributed by atoms with Crippen LogP contribution in [0.3, 0.4) is 0 Å². The molecule has 1 saturated heterocycles. The van der Waals surface area contributed by atoms with E-state index in [4.69, 9.17) is 79.3 Å². The van der Waals surface area contributed by atoms with Crippen LogP contribution in [-0.4, -0.2) is 11.1 Å². The van der Waals surface area contributed by atoms with Crippen molar-refractivity contribution in [2.45, 2.75) is 20.5 Å². The molecule has 1 aliphatic rings. The Hall–Kier alpha value is -2.35. The summed E-state index contributed by atoms with van der Waals surface area (Å²) < 4.78 is 6.10. The molecule has 0 atom stereocenters. The number of hydrogen-bond acceptors (Lipinski definition) is 4. The van der Waals surface area contributed by atoms with Gasteiger partial charge in [0.25, 0.3) is 5.91 Å². The first-order valence-electron chi connectivity index (χ1n) is 12.4. The quantitative estimate of drug-likeness (QED) is 0.188. The number of halogens is 6. The van der Waals surface area contributed by atoms with E-state index in [1.165, 1.54) is 16.7 Å². The second-order valence-corrected chi connectivity index (χ2v) is 12.9. The highest BCUT2D eigenvalue weighted by Crippen LogP contribution is 2.41. The number of thioether (sulfide) groups is 1. The van der Waals surface area contributed by atoms with Crippen molar-refractivity contribution >= 4 is 110 Å². The van der Waals surface area contributed by atoms with Crippen molar-refractivity contribution in [3.8, 4) is 5.75 Å². The van der Waals surface area contributed by atoms with E-state index in [0.29, 0.717) is 63.4 Å². The van der Waals surface area contributed by atoms with Crippen LogP contribution in [-0.2, 0) is 11.4 Å². The van der Waals surface area contributed by atoms with Crippen molar-refractivity contribution in [3.63, 3.8) is 0 Å². The standard InChI is InChI=1S/C31H20Cl6N2O2S/c1-16-3-7-22(13-24(16)34)38-31-39(23-8-4-17(2)25(35)14-23)30(40)28(42-31)10-19-9-21(33)12-27(37)29(19)41-15-18-5-6-20(32)11-26(18)36/h3-14H,15H2,1-2H3/b28-10+,38-31?. The summed E-state index contributed by atoms with van der Waals surface area (Å²) in [6.45, 7) is 3.91. The minimum Gasteiger partial charge on any atom is -0.487 e. The molecule has 0 spiro atoms. The zero-order valence-corrected chi connectivity index (χ0v) is 27.4. The molecule has 5 rings (SSSR count). The van der Waals surface area contributed by atoms with Crippen LogP contribution in [0.25, 0.3) is 6.08 Å². The van der Waals surface area contributed by atoms with E-state index in [2.05, 4.69) is 0 Å². The Bertz CT molecular complexity index is 1790. The third kappa shape index (κ3) is 6.89. The van der Waals surface area contributed by atoms with Crippen LogP contribution < -0.4 is 9.64 Å². The van der Waals surface area contributed by atoms with Crippen molar-refractivity contribution in [3.05, 3.63) is 124 Å². The number of anilines is 1. The number of ether oxygens (including phenoxy) is 1. The fourth-order valence-corrected chi connectivity index (χ4v) is 6.40. The summed E-state index contributed by atoms with van der Waals surface area (Å²) in [6, 6.07) is 19.2. The molecule has 1 aliphatic heterocycles. The van der Waals surface area contributed by atoms with Gasteiger partial charge < -0.3 is 4.74 Å². The lowest BCUT2D eigenvalue weighted by atomic mass is 10.1. The molecule has 4 aromatic rings. The first-order chi connectivity index (χ1) is 20.0. The molecule has 0 saturated carbocycles. The molecule has 1 fully saturated rings. The second-order valence-electron chi connectivity index (χ2n) is 9.34. The van der Waals surface area contributed by atoms with Gasteiger partial charge in [0.2, 0.25) is 0 Å². The molecule has 0 N–H and O–H groups in total. The van der Waals surface area contributed by atoms with E-state index in [0.717, 1.165) is 11.1 Å². The number of rotatable bonds is 6. The first kappa shape index (κ1) is 31.1. The van der Waals surface area contributed by atoms with E-state index >= 15 is 0 Å². The van der Waals surface area contributed by atoms with Crippen LogP contribution in [0.2, 0.25) is 30.1 Å². The van der Waals surface area contributed by atoms with Gasteiger partial charge in [0.05, 0.1) is 21.3 Å². The highest BCUT2D eigenvalue weighted by atomic mass is 35.5. The smallest absolute Gasteiger partial charge is 0.271 e. The van der Waals surface area contributed by atoms with E-state index < -0.39 is 0 Å². The van der Waals surface area contributed by atoms with Crippen molar-refractivity contribution < 1.29 is 9.53 Å². The lowest BCUT2D eigenvalue weighted by Crippen LogP contribution is -2.28. The van der Waals surface area contributed by atoms with Gasteiger partial charge in [-0.3, -0.25) is 9.69 Å². The summed E-state index contributed by atoms with van der Waals surface area (Å²) >= 11 is 39.3. The van der Waals surface area contributed by atoms with Gasteiger partial charge >= 0.3 is 0 Å². The number of carbonyl (C=O) groups excluding carboxylic acids is 1. The lowest BCUT2D eigenvalue weighted by molar-refractivity contribution is -0.113. The van der Waals surface area contributed by atoms with Gasteiger partial charge in [-0.2, -0.15) is 0 Å². The maximum absolute atomic E-state index is 13.9. The summed E-state index contributed by atoms with van der Waals surface area (Å²) in [5.74, 6) is 0.0355. The fraction of sp³-hybridized carbons (Fsp3) is 0.0968. The molecule has 0 bridgehead atoms. The monoisotopic (exact) mass is 694 g/mol. The van der Waals surface area contributed by atoms with E-state index in [9.17, 15) is 4.79 Å². The maximum Gasteiger partial charge on any atom is 0.271 e. The Morgan fingerprint density at radius 2 is 1.48 bits per heavy atom. The molecule has 214 valence electrons. The minimum absolute atomic E-state index is 0.115. The van der Waals surface area contributed by atoms with Gasteiger partial charge in [-0.15, -0.1) is 0 Å². The molecule has 11 heteroatoms. The van der Waals surface area contributed by atoms with Crippen LogP contribution >= 0.6 is 81.4 Å². The van der Waals surface area contributed by atoms with Crippen LogP contribution in [0, 0.1) is 13.8 Å². The molecule has 0 aromatic heterocycles. The van der Waals surface area contributed by atoms with Gasteiger partial charge in [-0.05, 0) is 91.3 Å². The molecule has 0 aliphatic carbocycles. The summed E-state index contributed by atoms with van der Waals surface area (Å²) in [4.78, 5) is 20.6. The van der Waals surface area contributed by atoms with Crippen molar-refractivity contribution in [2.24, 2.45) is 4.99 Å². The minimum atomic E-state index is -0.306. The Labute approximate surface area is 277 Å². The number of amides is 1. The van der Waals surface area contributed by atoms with Crippen molar-refractivity contribution in [2.75, 3.05) is 4.90 Å². The molecule has 0 unspecified atom stereocenters. The number of nitrogens with zero attached hydrogens (tertiary/aromatic N) is 2. The number of carbonyl (C=O) groups is 1. The number of aryl methyl sites for hydroxylation is 2. The highest BCUT2D eigenvalue weighted by Gasteiger charge is 2.35. The molecule has 42 heavy (non-hydrogen) atoms. The average Bonchev–Trinajstić information content (AvgIpc) is 3.22. The largest absolute Gasteiger partial charge is 0.487 e. The van der Waals surface area contributed by atoms with Crippen LogP contribution in [0.15, 0.2) is 76.6 Å². The second kappa shape index (κ2) is 13.1. The van der Waals surface area contributed by atoms with E-state index in [1.54, 1.807) is 48.5 Å². The highest BCUT2D eigenvalue weighted by molar-refractivity contribution is 8.19. The Kier molecular flexibility index (Phi) is 9.70. The maximum atomic E-state index is 13.9. The molecule has 1 heterocycles. The fourth-order valence-electron chi connectivity index (χ4n) is 4.03. The molecule has 4 aromatic carbocycles. The van der Waals surface area contributed by atoms with Gasteiger partial charge in [0.15, 0.2) is 5.17 Å². The van der Waals surface area contributed by atoms with Gasteiger partial charge in [0.1, 0.15) is 12.4 Å².